The molecule has 0 unspecified atom stereocenters. The highest BCUT2D eigenvalue weighted by atomic mass is 32.1. The molecule has 118 valence electrons. The number of aromatic nitrogens is 2. The van der Waals surface area contributed by atoms with Crippen LogP contribution in [0.25, 0.3) is 21.1 Å². The number of carbonyl (C=O) groups excluding carboxylic acids is 1. The Morgan fingerprint density at radius 2 is 2.04 bits per heavy atom. The quantitative estimate of drug-likeness (QED) is 0.586. The number of aromatic amines is 1. The van der Waals surface area contributed by atoms with Crippen molar-refractivity contribution < 1.29 is 4.79 Å². The molecule has 4 aromatic rings. The van der Waals surface area contributed by atoms with Gasteiger partial charge in [-0.15, -0.1) is 11.3 Å². The summed E-state index contributed by atoms with van der Waals surface area (Å²) < 4.78 is 1.06. The zero-order valence-corrected chi connectivity index (χ0v) is 13.6. The van der Waals surface area contributed by atoms with Gasteiger partial charge in [-0.25, -0.2) is 4.98 Å². The van der Waals surface area contributed by atoms with Crippen molar-refractivity contribution in [2.75, 3.05) is 5.32 Å². The predicted molar refractivity (Wildman–Crippen MR) is 96.9 cm³/mol. The molecule has 0 spiro atoms. The number of pyridine rings is 1. The molecule has 0 fully saturated rings. The van der Waals surface area contributed by atoms with Crippen molar-refractivity contribution >= 4 is 44.1 Å². The zero-order chi connectivity index (χ0) is 16.7. The molecule has 6 heteroatoms. The summed E-state index contributed by atoms with van der Waals surface area (Å²) in [6, 6.07) is 12.7. The van der Waals surface area contributed by atoms with Gasteiger partial charge in [0.15, 0.2) is 0 Å². The van der Waals surface area contributed by atoms with Crippen LogP contribution in [0.1, 0.15) is 15.4 Å². The van der Waals surface area contributed by atoms with E-state index in [1.54, 1.807) is 29.5 Å². The molecule has 4 rings (SSSR count). The minimum absolute atomic E-state index is 0.0863. The highest BCUT2D eigenvalue weighted by Gasteiger charge is 2.13. The lowest BCUT2D eigenvalue weighted by molar-refractivity contribution is 0.102. The number of hydrogen-bond acceptors (Lipinski definition) is 4. The van der Waals surface area contributed by atoms with Crippen LogP contribution in [0.4, 0.5) is 5.69 Å². The van der Waals surface area contributed by atoms with Crippen LogP contribution in [-0.2, 0) is 0 Å². The van der Waals surface area contributed by atoms with Gasteiger partial charge in [-0.3, -0.25) is 9.59 Å². The van der Waals surface area contributed by atoms with Crippen LogP contribution < -0.4 is 10.7 Å². The van der Waals surface area contributed by atoms with Crippen molar-refractivity contribution in [2.24, 2.45) is 0 Å². The summed E-state index contributed by atoms with van der Waals surface area (Å²) in [7, 11) is 0. The van der Waals surface area contributed by atoms with Crippen LogP contribution in [0.2, 0.25) is 0 Å². The van der Waals surface area contributed by atoms with E-state index < -0.39 is 5.91 Å². The normalized spacial score (nSPS) is 11.0. The van der Waals surface area contributed by atoms with Crippen molar-refractivity contribution in [1.29, 1.82) is 0 Å². The Hall–Kier alpha value is -2.99. The third-order valence-corrected chi connectivity index (χ3v) is 4.74. The van der Waals surface area contributed by atoms with Crippen molar-refractivity contribution in [3.8, 4) is 0 Å². The van der Waals surface area contributed by atoms with Crippen molar-refractivity contribution in [2.45, 2.75) is 6.92 Å². The second-order valence-electron chi connectivity index (χ2n) is 5.45. The number of nitrogens with one attached hydrogen (secondary N) is 2. The average molecular weight is 335 g/mol. The third kappa shape index (κ3) is 2.47. The van der Waals surface area contributed by atoms with Crippen LogP contribution in [0.15, 0.2) is 53.5 Å². The molecule has 24 heavy (non-hydrogen) atoms. The van der Waals surface area contributed by atoms with Gasteiger partial charge in [0.05, 0.1) is 15.2 Å². The molecular formula is C18H13N3O2S. The minimum Gasteiger partial charge on any atom is -0.360 e. The van der Waals surface area contributed by atoms with Crippen molar-refractivity contribution in [3.63, 3.8) is 0 Å². The lowest BCUT2D eigenvalue weighted by Gasteiger charge is -2.06. The number of aryl methyl sites for hydroxylation is 1. The Morgan fingerprint density at radius 1 is 1.21 bits per heavy atom. The molecular weight excluding hydrogens is 322 g/mol. The van der Waals surface area contributed by atoms with E-state index in [-0.39, 0.29) is 11.0 Å². The molecule has 1 amide bonds. The van der Waals surface area contributed by atoms with Gasteiger partial charge >= 0.3 is 0 Å². The van der Waals surface area contributed by atoms with Gasteiger partial charge in [-0.05, 0) is 37.3 Å². The molecule has 2 heterocycles. The van der Waals surface area contributed by atoms with E-state index in [0.717, 1.165) is 15.2 Å². The van der Waals surface area contributed by atoms with E-state index in [0.29, 0.717) is 16.6 Å². The number of anilines is 1. The van der Waals surface area contributed by atoms with Crippen LogP contribution in [0.3, 0.4) is 0 Å². The summed E-state index contributed by atoms with van der Waals surface area (Å²) in [5.41, 5.74) is 1.96. The van der Waals surface area contributed by atoms with Gasteiger partial charge in [0.1, 0.15) is 5.56 Å². The topological polar surface area (TPSA) is 74.8 Å². The fourth-order valence-corrected chi connectivity index (χ4v) is 3.46. The van der Waals surface area contributed by atoms with Crippen LogP contribution in [-0.4, -0.2) is 15.9 Å². The largest absolute Gasteiger partial charge is 0.360 e. The van der Waals surface area contributed by atoms with E-state index in [4.69, 9.17) is 0 Å². The number of benzene rings is 2. The predicted octanol–water partition coefficient (Wildman–Crippen LogP) is 3.70. The van der Waals surface area contributed by atoms with E-state index in [1.165, 1.54) is 6.20 Å². The van der Waals surface area contributed by atoms with Gasteiger partial charge in [0.25, 0.3) is 5.91 Å². The third-order valence-electron chi connectivity index (χ3n) is 3.79. The number of fused-ring (bicyclic) bond motifs is 2. The summed E-state index contributed by atoms with van der Waals surface area (Å²) in [6.45, 7) is 1.94. The Labute approximate surface area is 141 Å². The first-order chi connectivity index (χ1) is 11.6. The van der Waals surface area contributed by atoms with Gasteiger partial charge in [0, 0.05) is 22.8 Å². The summed E-state index contributed by atoms with van der Waals surface area (Å²) >= 11 is 1.60. The SMILES string of the molecule is Cc1nc2cc(NC(=O)c3c[nH]c4ccccc4c3=O)ccc2s1. The summed E-state index contributed by atoms with van der Waals surface area (Å²) in [5, 5.41) is 4.24. The lowest BCUT2D eigenvalue weighted by atomic mass is 10.1. The molecule has 0 bridgehead atoms. The van der Waals surface area contributed by atoms with E-state index >= 15 is 0 Å². The molecule has 0 saturated heterocycles. The molecule has 0 aliphatic carbocycles. The molecule has 0 aliphatic heterocycles. The first-order valence-electron chi connectivity index (χ1n) is 7.41. The first kappa shape index (κ1) is 14.6. The monoisotopic (exact) mass is 335 g/mol. The molecule has 0 atom stereocenters. The number of amides is 1. The van der Waals surface area contributed by atoms with Gasteiger partial charge < -0.3 is 10.3 Å². The maximum absolute atomic E-state index is 12.5. The molecule has 2 aromatic heterocycles. The maximum atomic E-state index is 12.5. The average Bonchev–Trinajstić information content (AvgIpc) is 2.94. The summed E-state index contributed by atoms with van der Waals surface area (Å²) in [6.07, 6.45) is 1.45. The highest BCUT2D eigenvalue weighted by molar-refractivity contribution is 7.18. The molecule has 2 aromatic carbocycles. The number of hydrogen-bond donors (Lipinski definition) is 2. The van der Waals surface area contributed by atoms with Gasteiger partial charge in [0.2, 0.25) is 5.43 Å². The summed E-state index contributed by atoms with van der Waals surface area (Å²) in [5.74, 6) is -0.437. The van der Waals surface area contributed by atoms with E-state index in [2.05, 4.69) is 15.3 Å². The number of para-hydroxylation sites is 1. The Balaban J connectivity index is 1.70. The number of H-pyrrole nitrogens is 1. The molecule has 0 radical (unpaired) electrons. The Morgan fingerprint density at radius 3 is 2.92 bits per heavy atom. The fourth-order valence-electron chi connectivity index (χ4n) is 2.66. The smallest absolute Gasteiger partial charge is 0.261 e. The first-order valence-corrected chi connectivity index (χ1v) is 8.22. The zero-order valence-electron chi connectivity index (χ0n) is 12.8. The number of nitrogens with zero attached hydrogens (tertiary/aromatic N) is 1. The highest BCUT2D eigenvalue weighted by Crippen LogP contribution is 2.24. The number of rotatable bonds is 2. The lowest BCUT2D eigenvalue weighted by Crippen LogP contribution is -2.21. The number of carbonyl (C=O) groups is 1. The second kappa shape index (κ2) is 5.58. The molecule has 0 saturated carbocycles. The second-order valence-corrected chi connectivity index (χ2v) is 6.68. The van der Waals surface area contributed by atoms with Gasteiger partial charge in [-0.2, -0.15) is 0 Å². The Bertz CT molecular complexity index is 1140. The fraction of sp³-hybridized carbons (Fsp3) is 0.0556. The standard InChI is InChI=1S/C18H13N3O2S/c1-10-20-15-8-11(6-7-16(15)24-10)21-18(23)13-9-19-14-5-3-2-4-12(14)17(13)22/h2-9H,1H3,(H,19,22)(H,21,23). The molecule has 5 nitrogen and oxygen atoms in total. The Kier molecular flexibility index (Phi) is 3.39. The van der Waals surface area contributed by atoms with Crippen molar-refractivity contribution in [3.05, 3.63) is 69.5 Å². The van der Waals surface area contributed by atoms with Crippen LogP contribution >= 0.6 is 11.3 Å². The summed E-state index contributed by atoms with van der Waals surface area (Å²) in [4.78, 5) is 32.4. The minimum atomic E-state index is -0.437. The van der Waals surface area contributed by atoms with E-state index in [1.807, 2.05) is 31.2 Å². The van der Waals surface area contributed by atoms with Gasteiger partial charge in [-0.1, -0.05) is 12.1 Å². The maximum Gasteiger partial charge on any atom is 0.261 e. The molecule has 0 aliphatic rings. The van der Waals surface area contributed by atoms with E-state index in [9.17, 15) is 9.59 Å². The van der Waals surface area contributed by atoms with Crippen molar-refractivity contribution in [1.82, 2.24) is 9.97 Å². The number of thiazole rings is 1. The van der Waals surface area contributed by atoms with Crippen LogP contribution in [0, 0.1) is 6.92 Å². The van der Waals surface area contributed by atoms with Crippen LogP contribution in [0.5, 0.6) is 0 Å². The molecule has 2 N–H and O–H groups in total.